The molecule has 1 aliphatic rings. The van der Waals surface area contributed by atoms with Gasteiger partial charge in [0.25, 0.3) is 5.56 Å². The average Bonchev–Trinajstić information content (AvgIpc) is 2.66. The molecule has 1 fully saturated rings. The zero-order chi connectivity index (χ0) is 20.5. The van der Waals surface area contributed by atoms with Gasteiger partial charge in [0, 0.05) is 36.8 Å². The molecule has 10 heteroatoms. The van der Waals surface area contributed by atoms with Crippen LogP contribution in [-0.2, 0) is 11.3 Å². The SMILES string of the molecule is NC(=O)Cn1ccc2cc(-c3cnc(N)nc3)nc(N[C@H]3C[C@@H](CO)C3)c2c1=O. The molecule has 0 atom stereocenters. The Bertz CT molecular complexity index is 1120. The van der Waals surface area contributed by atoms with Crippen LogP contribution in [0.4, 0.5) is 11.8 Å². The third-order valence-electron chi connectivity index (χ3n) is 5.09. The molecule has 1 aliphatic carbocycles. The molecule has 10 nitrogen and oxygen atoms in total. The highest BCUT2D eigenvalue weighted by Crippen LogP contribution is 2.32. The number of rotatable bonds is 6. The number of hydrogen-bond acceptors (Lipinski definition) is 8. The van der Waals surface area contributed by atoms with E-state index in [1.54, 1.807) is 24.5 Å². The number of hydrogen-bond donors (Lipinski definition) is 4. The molecule has 1 amide bonds. The van der Waals surface area contributed by atoms with Gasteiger partial charge >= 0.3 is 0 Å². The molecule has 0 spiro atoms. The number of aliphatic hydroxyl groups excluding tert-OH is 1. The topological polar surface area (TPSA) is 162 Å². The van der Waals surface area contributed by atoms with Gasteiger partial charge in [0.1, 0.15) is 12.4 Å². The Morgan fingerprint density at radius 2 is 2.03 bits per heavy atom. The van der Waals surface area contributed by atoms with Crippen molar-refractivity contribution in [1.29, 1.82) is 0 Å². The fourth-order valence-corrected chi connectivity index (χ4v) is 3.51. The van der Waals surface area contributed by atoms with Crippen molar-refractivity contribution >= 4 is 28.4 Å². The minimum absolute atomic E-state index is 0.102. The second-order valence-corrected chi connectivity index (χ2v) is 7.23. The van der Waals surface area contributed by atoms with Crippen LogP contribution in [0.15, 0.2) is 35.5 Å². The zero-order valence-corrected chi connectivity index (χ0v) is 15.6. The second kappa shape index (κ2) is 7.47. The molecular weight excluding hydrogens is 374 g/mol. The van der Waals surface area contributed by atoms with E-state index in [4.69, 9.17) is 11.5 Å². The quantitative estimate of drug-likeness (QED) is 0.457. The van der Waals surface area contributed by atoms with Gasteiger partial charge in [-0.1, -0.05) is 0 Å². The van der Waals surface area contributed by atoms with Crippen molar-refractivity contribution in [1.82, 2.24) is 19.5 Å². The van der Waals surface area contributed by atoms with Gasteiger partial charge in [0.2, 0.25) is 11.9 Å². The molecule has 6 N–H and O–H groups in total. The van der Waals surface area contributed by atoms with E-state index in [2.05, 4.69) is 20.3 Å². The Labute approximate surface area is 165 Å². The molecular formula is C19H21N7O3. The molecule has 0 radical (unpaired) electrons. The highest BCUT2D eigenvalue weighted by atomic mass is 16.3. The number of nitrogens with zero attached hydrogens (tertiary/aromatic N) is 4. The van der Waals surface area contributed by atoms with Crippen LogP contribution in [-0.4, -0.2) is 43.2 Å². The molecule has 0 aromatic carbocycles. The van der Waals surface area contributed by atoms with Gasteiger partial charge in [0.15, 0.2) is 0 Å². The molecule has 29 heavy (non-hydrogen) atoms. The summed E-state index contributed by atoms with van der Waals surface area (Å²) in [6.45, 7) is -0.0711. The summed E-state index contributed by atoms with van der Waals surface area (Å²) >= 11 is 0. The van der Waals surface area contributed by atoms with Gasteiger partial charge in [-0.15, -0.1) is 0 Å². The lowest BCUT2D eigenvalue weighted by Crippen LogP contribution is -2.38. The monoisotopic (exact) mass is 395 g/mol. The van der Waals surface area contributed by atoms with Crippen molar-refractivity contribution < 1.29 is 9.90 Å². The maximum atomic E-state index is 13.0. The summed E-state index contributed by atoms with van der Waals surface area (Å²) in [4.78, 5) is 36.9. The fraction of sp³-hybridized carbons (Fsp3) is 0.316. The highest BCUT2D eigenvalue weighted by molar-refractivity contribution is 5.94. The lowest BCUT2D eigenvalue weighted by molar-refractivity contribution is -0.118. The average molecular weight is 395 g/mol. The van der Waals surface area contributed by atoms with E-state index < -0.39 is 5.91 Å². The largest absolute Gasteiger partial charge is 0.396 e. The number of aromatic nitrogens is 4. The van der Waals surface area contributed by atoms with Crippen LogP contribution >= 0.6 is 0 Å². The minimum Gasteiger partial charge on any atom is -0.396 e. The first-order valence-corrected chi connectivity index (χ1v) is 9.22. The van der Waals surface area contributed by atoms with E-state index >= 15 is 0 Å². The normalized spacial score (nSPS) is 18.4. The summed E-state index contributed by atoms with van der Waals surface area (Å²) in [5.41, 5.74) is 11.7. The van der Waals surface area contributed by atoms with Gasteiger partial charge in [-0.2, -0.15) is 0 Å². The smallest absolute Gasteiger partial charge is 0.262 e. The van der Waals surface area contributed by atoms with Gasteiger partial charge in [0.05, 0.1) is 11.1 Å². The van der Waals surface area contributed by atoms with E-state index in [1.165, 1.54) is 10.8 Å². The van der Waals surface area contributed by atoms with E-state index in [1.807, 2.05) is 0 Å². The number of nitrogen functional groups attached to an aromatic ring is 1. The van der Waals surface area contributed by atoms with Gasteiger partial charge in [-0.3, -0.25) is 9.59 Å². The number of carbonyl (C=O) groups is 1. The van der Waals surface area contributed by atoms with Crippen molar-refractivity contribution in [2.24, 2.45) is 11.7 Å². The Kier molecular flexibility index (Phi) is 4.85. The molecule has 3 aromatic heterocycles. The van der Waals surface area contributed by atoms with Crippen molar-refractivity contribution in [3.63, 3.8) is 0 Å². The lowest BCUT2D eigenvalue weighted by Gasteiger charge is -2.35. The Balaban J connectivity index is 1.82. The molecule has 1 saturated carbocycles. The van der Waals surface area contributed by atoms with Gasteiger partial charge in [-0.05, 0) is 36.3 Å². The van der Waals surface area contributed by atoms with E-state index in [9.17, 15) is 14.7 Å². The molecule has 4 rings (SSSR count). The van der Waals surface area contributed by atoms with Crippen LogP contribution in [0.25, 0.3) is 22.0 Å². The van der Waals surface area contributed by atoms with E-state index in [0.29, 0.717) is 27.8 Å². The zero-order valence-electron chi connectivity index (χ0n) is 15.6. The highest BCUT2D eigenvalue weighted by Gasteiger charge is 2.29. The number of anilines is 2. The van der Waals surface area contributed by atoms with Gasteiger partial charge in [-0.25, -0.2) is 15.0 Å². The number of amides is 1. The number of pyridine rings is 2. The Morgan fingerprint density at radius 3 is 2.69 bits per heavy atom. The second-order valence-electron chi connectivity index (χ2n) is 7.23. The van der Waals surface area contributed by atoms with Crippen LogP contribution in [0.1, 0.15) is 12.8 Å². The maximum Gasteiger partial charge on any atom is 0.262 e. The first kappa shape index (κ1) is 18.8. The Hall–Kier alpha value is -3.53. The molecule has 0 aliphatic heterocycles. The molecule has 0 unspecified atom stereocenters. The predicted molar refractivity (Wildman–Crippen MR) is 108 cm³/mol. The third-order valence-corrected chi connectivity index (χ3v) is 5.09. The number of carbonyl (C=O) groups excluding carboxylic acids is 1. The first-order valence-electron chi connectivity index (χ1n) is 9.22. The predicted octanol–water partition coefficient (Wildman–Crippen LogP) is 0.104. The molecule has 3 aromatic rings. The number of nitrogens with one attached hydrogen (secondary N) is 1. The van der Waals surface area contributed by atoms with E-state index in [-0.39, 0.29) is 36.6 Å². The summed E-state index contributed by atoms with van der Waals surface area (Å²) in [7, 11) is 0. The summed E-state index contributed by atoms with van der Waals surface area (Å²) in [6, 6.07) is 3.61. The first-order chi connectivity index (χ1) is 13.9. The Morgan fingerprint density at radius 1 is 1.31 bits per heavy atom. The lowest BCUT2D eigenvalue weighted by atomic mass is 9.81. The standard InChI is InChI=1S/C19H21N7O3/c20-15(28)8-26-2-1-11-5-14(12-6-22-19(21)23-7-12)25-17(16(11)18(26)29)24-13-3-10(4-13)9-27/h1-2,5-7,10,13,27H,3-4,8-9H2,(H2,20,28)(H,24,25)(H2,21,22,23)/t10-,13+. The maximum absolute atomic E-state index is 13.0. The number of fused-ring (bicyclic) bond motifs is 1. The summed E-state index contributed by atoms with van der Waals surface area (Å²) in [5.74, 6) is 0.222. The summed E-state index contributed by atoms with van der Waals surface area (Å²) < 4.78 is 1.26. The number of primary amides is 1. The van der Waals surface area contributed by atoms with Gasteiger partial charge < -0.3 is 26.5 Å². The van der Waals surface area contributed by atoms with Crippen LogP contribution in [0.2, 0.25) is 0 Å². The van der Waals surface area contributed by atoms with Crippen LogP contribution in [0.5, 0.6) is 0 Å². The number of aliphatic hydroxyl groups is 1. The number of nitrogens with two attached hydrogens (primary N) is 2. The van der Waals surface area contributed by atoms with E-state index in [0.717, 1.165) is 12.8 Å². The molecule has 0 bridgehead atoms. The van der Waals surface area contributed by atoms with Crippen molar-refractivity contribution in [3.05, 3.63) is 41.1 Å². The van der Waals surface area contributed by atoms with Crippen LogP contribution in [0.3, 0.4) is 0 Å². The minimum atomic E-state index is -0.602. The van der Waals surface area contributed by atoms with Crippen LogP contribution < -0.4 is 22.3 Å². The van der Waals surface area contributed by atoms with Crippen molar-refractivity contribution in [2.75, 3.05) is 17.7 Å². The summed E-state index contributed by atoms with van der Waals surface area (Å²) in [6.07, 6.45) is 6.25. The van der Waals surface area contributed by atoms with Crippen LogP contribution in [0, 0.1) is 5.92 Å². The molecule has 150 valence electrons. The fourth-order valence-electron chi connectivity index (χ4n) is 3.51. The van der Waals surface area contributed by atoms with Crippen molar-refractivity contribution in [3.8, 4) is 11.3 Å². The molecule has 0 saturated heterocycles. The molecule has 3 heterocycles. The van der Waals surface area contributed by atoms with Crippen molar-refractivity contribution in [2.45, 2.75) is 25.4 Å². The third kappa shape index (κ3) is 3.74. The summed E-state index contributed by atoms with van der Waals surface area (Å²) in [5, 5.41) is 13.6.